The molecule has 0 amide bonds. The van der Waals surface area contributed by atoms with Crippen molar-refractivity contribution in [2.75, 3.05) is 0 Å². The lowest BCUT2D eigenvalue weighted by atomic mass is 9.81. The molecular formula is C43H30N2S. The zero-order chi connectivity index (χ0) is 30.8. The Morgan fingerprint density at radius 2 is 1.13 bits per heavy atom. The molecule has 1 aliphatic carbocycles. The summed E-state index contributed by atoms with van der Waals surface area (Å²) in [7, 11) is 0. The molecule has 0 radical (unpaired) electrons. The summed E-state index contributed by atoms with van der Waals surface area (Å²) in [5.41, 5.74) is 12.8. The van der Waals surface area contributed by atoms with Gasteiger partial charge in [0.25, 0.3) is 0 Å². The summed E-state index contributed by atoms with van der Waals surface area (Å²) in [6.45, 7) is 4.70. The van der Waals surface area contributed by atoms with Crippen LogP contribution in [0.2, 0.25) is 0 Å². The van der Waals surface area contributed by atoms with Crippen molar-refractivity contribution in [3.63, 3.8) is 0 Å². The second-order valence-corrected chi connectivity index (χ2v) is 13.7. The lowest BCUT2D eigenvalue weighted by molar-refractivity contribution is 0.660. The van der Waals surface area contributed by atoms with E-state index in [1.807, 2.05) is 23.5 Å². The molecule has 2 aromatic heterocycles. The molecule has 6 aromatic carbocycles. The van der Waals surface area contributed by atoms with Gasteiger partial charge in [-0.2, -0.15) is 0 Å². The molecule has 3 heteroatoms. The molecule has 0 aliphatic heterocycles. The number of nitrogens with zero attached hydrogens (tertiary/aromatic N) is 2. The Kier molecular flexibility index (Phi) is 6.06. The predicted octanol–water partition coefficient (Wildman–Crippen LogP) is 11.8. The fourth-order valence-corrected chi connectivity index (χ4v) is 8.36. The quantitative estimate of drug-likeness (QED) is 0.199. The van der Waals surface area contributed by atoms with Crippen LogP contribution in [-0.2, 0) is 5.41 Å². The topological polar surface area (TPSA) is 25.8 Å². The second kappa shape index (κ2) is 10.3. The molecule has 0 unspecified atom stereocenters. The van der Waals surface area contributed by atoms with Gasteiger partial charge in [0.05, 0.1) is 11.4 Å². The van der Waals surface area contributed by atoms with E-state index < -0.39 is 0 Å². The summed E-state index contributed by atoms with van der Waals surface area (Å²) < 4.78 is 2.54. The molecule has 218 valence electrons. The van der Waals surface area contributed by atoms with Crippen molar-refractivity contribution in [1.82, 2.24) is 9.97 Å². The van der Waals surface area contributed by atoms with Crippen LogP contribution in [0.5, 0.6) is 0 Å². The van der Waals surface area contributed by atoms with Gasteiger partial charge >= 0.3 is 0 Å². The molecule has 0 atom stereocenters. The van der Waals surface area contributed by atoms with E-state index in [1.165, 1.54) is 53.6 Å². The van der Waals surface area contributed by atoms with Crippen molar-refractivity contribution in [2.45, 2.75) is 19.3 Å². The summed E-state index contributed by atoms with van der Waals surface area (Å²) in [5, 5.41) is 2.51. The normalized spacial score (nSPS) is 13.2. The summed E-state index contributed by atoms with van der Waals surface area (Å²) in [6.07, 6.45) is 0. The first-order valence-corrected chi connectivity index (χ1v) is 16.6. The number of rotatable bonds is 4. The van der Waals surface area contributed by atoms with Crippen LogP contribution in [0.1, 0.15) is 25.0 Å². The van der Waals surface area contributed by atoms with E-state index in [4.69, 9.17) is 9.97 Å². The van der Waals surface area contributed by atoms with E-state index in [-0.39, 0.29) is 5.41 Å². The van der Waals surface area contributed by atoms with Gasteiger partial charge in [-0.25, -0.2) is 9.97 Å². The number of benzene rings is 6. The zero-order valence-corrected chi connectivity index (χ0v) is 26.5. The first kappa shape index (κ1) is 27.0. The Labute approximate surface area is 272 Å². The number of aromatic nitrogens is 2. The van der Waals surface area contributed by atoms with Crippen molar-refractivity contribution in [1.29, 1.82) is 0 Å². The second-order valence-electron chi connectivity index (χ2n) is 12.6. The number of thiophene rings is 1. The minimum absolute atomic E-state index is 0.0862. The van der Waals surface area contributed by atoms with E-state index >= 15 is 0 Å². The van der Waals surface area contributed by atoms with Crippen LogP contribution in [0, 0.1) is 0 Å². The maximum atomic E-state index is 5.35. The van der Waals surface area contributed by atoms with Gasteiger partial charge in [-0.05, 0) is 57.6 Å². The molecule has 0 saturated carbocycles. The average Bonchev–Trinajstić information content (AvgIpc) is 3.60. The van der Waals surface area contributed by atoms with Crippen LogP contribution in [0.4, 0.5) is 0 Å². The van der Waals surface area contributed by atoms with Gasteiger partial charge in [-0.1, -0.05) is 135 Å². The fraction of sp³-hybridized carbons (Fsp3) is 0.0698. The highest BCUT2D eigenvalue weighted by molar-refractivity contribution is 7.26. The van der Waals surface area contributed by atoms with E-state index in [2.05, 4.69) is 147 Å². The Hall–Kier alpha value is -5.38. The molecule has 9 rings (SSSR count). The van der Waals surface area contributed by atoms with Gasteiger partial charge in [0.2, 0.25) is 0 Å². The highest BCUT2D eigenvalue weighted by Crippen LogP contribution is 2.51. The number of hydrogen-bond donors (Lipinski definition) is 0. The van der Waals surface area contributed by atoms with Crippen molar-refractivity contribution in [2.24, 2.45) is 0 Å². The summed E-state index contributed by atoms with van der Waals surface area (Å²) in [6, 6.07) is 52.2. The van der Waals surface area contributed by atoms with Gasteiger partial charge in [-0.3, -0.25) is 0 Å². The molecule has 8 aromatic rings. The minimum atomic E-state index is -0.0862. The van der Waals surface area contributed by atoms with Crippen molar-refractivity contribution < 1.29 is 0 Å². The average molecular weight is 607 g/mol. The third-order valence-electron chi connectivity index (χ3n) is 9.52. The molecule has 2 nitrogen and oxygen atoms in total. The highest BCUT2D eigenvalue weighted by Gasteiger charge is 2.35. The smallest absolute Gasteiger partial charge is 0.160 e. The largest absolute Gasteiger partial charge is 0.228 e. The first-order valence-electron chi connectivity index (χ1n) is 15.8. The van der Waals surface area contributed by atoms with Gasteiger partial charge < -0.3 is 0 Å². The Balaban J connectivity index is 1.36. The highest BCUT2D eigenvalue weighted by atomic mass is 32.1. The van der Waals surface area contributed by atoms with Crippen LogP contribution in [0.3, 0.4) is 0 Å². The van der Waals surface area contributed by atoms with Crippen LogP contribution in [0.15, 0.2) is 146 Å². The van der Waals surface area contributed by atoms with Gasteiger partial charge in [0.15, 0.2) is 5.82 Å². The number of fused-ring (bicyclic) bond motifs is 6. The molecular weight excluding hydrogens is 577 g/mol. The van der Waals surface area contributed by atoms with E-state index in [0.717, 1.165) is 33.9 Å². The standard InChI is InChI=1S/C43H30N2S/c1-43(2)34-19-11-9-17-31(34)32-22-21-29(25-35(32)43)30-23-24-39-41(33-18-10-12-20-38(33)46-39)40(30)37-26-36(27-13-5-3-6-14-27)44-42(45-37)28-15-7-4-8-16-28/h3-26H,1-2H3. The Morgan fingerprint density at radius 1 is 0.478 bits per heavy atom. The van der Waals surface area contributed by atoms with E-state index in [0.29, 0.717) is 0 Å². The maximum absolute atomic E-state index is 5.35. The molecule has 0 saturated heterocycles. The SMILES string of the molecule is CC1(C)c2ccccc2-c2ccc(-c3ccc4sc5ccccc5c4c3-c3cc(-c4ccccc4)nc(-c4ccccc4)n3)cc21. The van der Waals surface area contributed by atoms with Gasteiger partial charge in [0.1, 0.15) is 0 Å². The third-order valence-corrected chi connectivity index (χ3v) is 10.7. The summed E-state index contributed by atoms with van der Waals surface area (Å²) in [4.78, 5) is 10.5. The molecule has 46 heavy (non-hydrogen) atoms. The fourth-order valence-electron chi connectivity index (χ4n) is 7.24. The molecule has 0 spiro atoms. The van der Waals surface area contributed by atoms with Gasteiger partial charge in [-0.15, -0.1) is 11.3 Å². The molecule has 1 aliphatic rings. The monoisotopic (exact) mass is 606 g/mol. The molecule has 0 fully saturated rings. The van der Waals surface area contributed by atoms with Crippen molar-refractivity contribution in [3.8, 4) is 56.2 Å². The summed E-state index contributed by atoms with van der Waals surface area (Å²) in [5.74, 6) is 0.727. The lowest BCUT2D eigenvalue weighted by Crippen LogP contribution is -2.14. The van der Waals surface area contributed by atoms with Crippen LogP contribution in [-0.4, -0.2) is 9.97 Å². The van der Waals surface area contributed by atoms with Crippen molar-refractivity contribution in [3.05, 3.63) is 157 Å². The first-order chi connectivity index (χ1) is 22.6. The zero-order valence-electron chi connectivity index (χ0n) is 25.7. The van der Waals surface area contributed by atoms with Crippen LogP contribution >= 0.6 is 11.3 Å². The lowest BCUT2D eigenvalue weighted by Gasteiger charge is -2.22. The third kappa shape index (κ3) is 4.16. The van der Waals surface area contributed by atoms with Crippen LogP contribution < -0.4 is 0 Å². The van der Waals surface area contributed by atoms with Crippen LogP contribution in [0.25, 0.3) is 76.3 Å². The van der Waals surface area contributed by atoms with E-state index in [1.54, 1.807) is 0 Å². The Morgan fingerprint density at radius 3 is 1.96 bits per heavy atom. The summed E-state index contributed by atoms with van der Waals surface area (Å²) >= 11 is 1.84. The molecule has 0 N–H and O–H groups in total. The Bertz CT molecular complexity index is 2380. The molecule has 0 bridgehead atoms. The predicted molar refractivity (Wildman–Crippen MR) is 194 cm³/mol. The van der Waals surface area contributed by atoms with Gasteiger partial charge in [0, 0.05) is 42.3 Å². The van der Waals surface area contributed by atoms with Crippen molar-refractivity contribution >= 4 is 31.5 Å². The number of hydrogen-bond acceptors (Lipinski definition) is 3. The molecule has 2 heterocycles. The maximum Gasteiger partial charge on any atom is 0.160 e. The minimum Gasteiger partial charge on any atom is -0.228 e. The van der Waals surface area contributed by atoms with E-state index in [9.17, 15) is 0 Å².